The van der Waals surface area contributed by atoms with Crippen molar-refractivity contribution in [2.24, 2.45) is 13.0 Å². The molecule has 0 unspecified atom stereocenters. The summed E-state index contributed by atoms with van der Waals surface area (Å²) in [5.74, 6) is 5.42. The number of aryl methyl sites for hydroxylation is 1. The van der Waals surface area contributed by atoms with Crippen LogP contribution in [-0.4, -0.2) is 32.3 Å². The molecule has 1 aliphatic rings. The molecule has 0 aliphatic heterocycles. The van der Waals surface area contributed by atoms with Gasteiger partial charge in [-0.3, -0.25) is 9.48 Å². The van der Waals surface area contributed by atoms with Gasteiger partial charge in [0.2, 0.25) is 0 Å². The topological polar surface area (TPSA) is 84.8 Å². The fourth-order valence-corrected chi connectivity index (χ4v) is 3.65. The molecule has 1 saturated carbocycles. The summed E-state index contributed by atoms with van der Waals surface area (Å²) < 4.78 is 46.3. The average Bonchev–Trinajstić information content (AvgIpc) is 3.53. The zero-order chi connectivity index (χ0) is 23.4. The van der Waals surface area contributed by atoms with Crippen LogP contribution >= 0.6 is 0 Å². The van der Waals surface area contributed by atoms with E-state index in [4.69, 9.17) is 4.74 Å². The van der Waals surface area contributed by atoms with E-state index in [-0.39, 0.29) is 5.82 Å². The molecule has 1 fully saturated rings. The van der Waals surface area contributed by atoms with E-state index < -0.39 is 17.8 Å². The minimum Gasteiger partial charge on any atom is -0.491 e. The van der Waals surface area contributed by atoms with E-state index in [1.54, 1.807) is 36.1 Å². The Morgan fingerprint density at radius 2 is 2.09 bits per heavy atom. The number of anilines is 1. The average molecular weight is 457 g/mol. The summed E-state index contributed by atoms with van der Waals surface area (Å²) in [5.41, 5.74) is 0.155. The molecule has 0 atom stereocenters. The number of aromatic nitrogens is 4. The van der Waals surface area contributed by atoms with Crippen LogP contribution in [0.1, 0.15) is 37.1 Å². The fourth-order valence-electron chi connectivity index (χ4n) is 3.65. The van der Waals surface area contributed by atoms with Gasteiger partial charge in [-0.15, -0.1) is 0 Å². The molecule has 7 nitrogen and oxygen atoms in total. The molecule has 2 heterocycles. The van der Waals surface area contributed by atoms with E-state index >= 15 is 0 Å². The third-order valence-electron chi connectivity index (χ3n) is 5.35. The van der Waals surface area contributed by atoms with Crippen molar-refractivity contribution in [3.8, 4) is 29.0 Å². The van der Waals surface area contributed by atoms with Gasteiger partial charge < -0.3 is 15.0 Å². The van der Waals surface area contributed by atoms with Crippen molar-refractivity contribution in [1.82, 2.24) is 19.7 Å². The molecule has 2 N–H and O–H groups in total. The Morgan fingerprint density at radius 1 is 1.30 bits per heavy atom. The Labute approximate surface area is 188 Å². The fraction of sp³-hybridized carbons (Fsp3) is 0.348. The summed E-state index contributed by atoms with van der Waals surface area (Å²) in [6.45, 7) is 0.501. The molecular formula is C23H22F3N5O2. The minimum absolute atomic E-state index is 0.0275. The number of ether oxygens (including phenoxy) is 1. The van der Waals surface area contributed by atoms with Gasteiger partial charge in [0.05, 0.1) is 18.5 Å². The molecule has 4 rings (SSSR count). The zero-order valence-corrected chi connectivity index (χ0v) is 17.9. The Hall–Kier alpha value is -3.74. The maximum absolute atomic E-state index is 12.9. The van der Waals surface area contributed by atoms with Crippen LogP contribution in [0.2, 0.25) is 0 Å². The Balaban J connectivity index is 1.57. The van der Waals surface area contributed by atoms with E-state index in [9.17, 15) is 18.0 Å². The number of nitrogens with one attached hydrogen (secondary N) is 2. The van der Waals surface area contributed by atoms with Crippen molar-refractivity contribution in [2.75, 3.05) is 11.9 Å². The van der Waals surface area contributed by atoms with Crippen LogP contribution in [0.5, 0.6) is 5.75 Å². The maximum atomic E-state index is 12.9. The summed E-state index contributed by atoms with van der Waals surface area (Å²) in [6, 6.07) is 6.40. The number of carbonyl (C=O) groups is 1. The van der Waals surface area contributed by atoms with Crippen molar-refractivity contribution in [3.05, 3.63) is 48.0 Å². The van der Waals surface area contributed by atoms with E-state index in [1.807, 2.05) is 0 Å². The maximum Gasteiger partial charge on any atom is 0.432 e. The molecule has 1 amide bonds. The molecule has 2 aromatic heterocycles. The molecule has 172 valence electrons. The highest BCUT2D eigenvalue weighted by Crippen LogP contribution is 2.34. The number of nitrogens with zero attached hydrogens (tertiary/aromatic N) is 3. The Bertz CT molecular complexity index is 1200. The van der Waals surface area contributed by atoms with Gasteiger partial charge in [0.15, 0.2) is 0 Å². The Morgan fingerprint density at radius 3 is 2.76 bits per heavy atom. The highest BCUT2D eigenvalue weighted by Gasteiger charge is 2.33. The van der Waals surface area contributed by atoms with Crippen LogP contribution in [0.3, 0.4) is 0 Å². The van der Waals surface area contributed by atoms with Crippen molar-refractivity contribution < 1.29 is 22.7 Å². The van der Waals surface area contributed by atoms with E-state index in [0.29, 0.717) is 35.2 Å². The number of hydrogen-bond donors (Lipinski definition) is 2. The first-order valence-corrected chi connectivity index (χ1v) is 10.5. The molecule has 0 bridgehead atoms. The molecule has 10 heteroatoms. The second-order valence-electron chi connectivity index (χ2n) is 7.89. The van der Waals surface area contributed by atoms with E-state index in [0.717, 1.165) is 19.0 Å². The number of alkyl halides is 3. The first-order valence-electron chi connectivity index (χ1n) is 10.5. The van der Waals surface area contributed by atoms with Gasteiger partial charge in [-0.05, 0) is 48.9 Å². The first kappa shape index (κ1) is 22.5. The van der Waals surface area contributed by atoms with Crippen LogP contribution < -0.4 is 10.1 Å². The normalized spacial score (nSPS) is 14.1. The first-order chi connectivity index (χ1) is 15.8. The van der Waals surface area contributed by atoms with Crippen molar-refractivity contribution in [2.45, 2.75) is 31.9 Å². The number of aromatic amines is 1. The summed E-state index contributed by atoms with van der Waals surface area (Å²) in [6.07, 6.45) is 2.41. The van der Waals surface area contributed by atoms with Gasteiger partial charge in [-0.2, -0.15) is 18.3 Å². The quantitative estimate of drug-likeness (QED) is 0.557. The summed E-state index contributed by atoms with van der Waals surface area (Å²) in [7, 11) is 1.74. The number of amides is 1. The molecule has 0 saturated heterocycles. The molecule has 33 heavy (non-hydrogen) atoms. The zero-order valence-electron chi connectivity index (χ0n) is 17.9. The number of carbonyl (C=O) groups excluding carboxylic acids is 1. The number of halogens is 3. The second kappa shape index (κ2) is 9.40. The van der Waals surface area contributed by atoms with Crippen LogP contribution in [0, 0.1) is 17.8 Å². The summed E-state index contributed by atoms with van der Waals surface area (Å²) in [5, 5.41) is 6.76. The lowest BCUT2D eigenvalue weighted by atomic mass is 10.1. The van der Waals surface area contributed by atoms with Crippen molar-refractivity contribution >= 4 is 11.6 Å². The van der Waals surface area contributed by atoms with Gasteiger partial charge >= 0.3 is 12.1 Å². The van der Waals surface area contributed by atoms with E-state index in [1.165, 1.54) is 18.9 Å². The van der Waals surface area contributed by atoms with Crippen LogP contribution in [0.25, 0.3) is 11.4 Å². The number of rotatable bonds is 5. The van der Waals surface area contributed by atoms with Gasteiger partial charge in [-0.25, -0.2) is 4.98 Å². The molecular weight excluding hydrogens is 435 g/mol. The minimum atomic E-state index is -4.53. The molecule has 3 aromatic rings. The number of H-pyrrole nitrogens is 1. The van der Waals surface area contributed by atoms with Crippen LogP contribution in [-0.2, 0) is 18.0 Å². The lowest BCUT2D eigenvalue weighted by Gasteiger charge is -2.15. The third kappa shape index (κ3) is 5.74. The lowest BCUT2D eigenvalue weighted by molar-refractivity contribution is -0.140. The Kier molecular flexibility index (Phi) is 6.40. The number of benzene rings is 1. The predicted molar refractivity (Wildman–Crippen MR) is 115 cm³/mol. The highest BCUT2D eigenvalue weighted by molar-refractivity contribution is 6.05. The molecule has 1 aromatic carbocycles. The number of hydrogen-bond acceptors (Lipinski definition) is 4. The van der Waals surface area contributed by atoms with Crippen molar-refractivity contribution in [3.63, 3.8) is 0 Å². The standard InChI is InChI=1S/C23H22F3N5O2/c1-31-11-10-17(30-31)7-9-21(32)28-18-12-16(22-27-13-20(29-22)23(24,25)26)6-8-19(18)33-14-15-4-2-3-5-15/h6,8,10-13,15H,2-5,14H2,1H3,(H,27,29)(H,28,32). The second-order valence-corrected chi connectivity index (χ2v) is 7.89. The van der Waals surface area contributed by atoms with Crippen molar-refractivity contribution in [1.29, 1.82) is 0 Å². The SMILES string of the molecule is Cn1ccc(C#CC(=O)Nc2cc(-c3ncc(C(F)(F)F)[nH]3)ccc2OCC2CCCC2)n1. The van der Waals surface area contributed by atoms with Crippen LogP contribution in [0.4, 0.5) is 18.9 Å². The molecule has 0 radical (unpaired) electrons. The monoisotopic (exact) mass is 457 g/mol. The lowest BCUT2D eigenvalue weighted by Crippen LogP contribution is -2.13. The summed E-state index contributed by atoms with van der Waals surface area (Å²) >= 11 is 0. The largest absolute Gasteiger partial charge is 0.491 e. The molecule has 0 spiro atoms. The van der Waals surface area contributed by atoms with Gasteiger partial charge in [0.1, 0.15) is 23.0 Å². The predicted octanol–water partition coefficient (Wildman–Crippen LogP) is 4.39. The third-order valence-corrected chi connectivity index (χ3v) is 5.35. The van der Waals surface area contributed by atoms with Gasteiger partial charge in [0.25, 0.3) is 0 Å². The smallest absolute Gasteiger partial charge is 0.432 e. The van der Waals surface area contributed by atoms with Crippen LogP contribution in [0.15, 0.2) is 36.7 Å². The highest BCUT2D eigenvalue weighted by atomic mass is 19.4. The summed E-state index contributed by atoms with van der Waals surface area (Å²) in [4.78, 5) is 18.5. The van der Waals surface area contributed by atoms with E-state index in [2.05, 4.69) is 32.2 Å². The van der Waals surface area contributed by atoms with Gasteiger partial charge in [0, 0.05) is 24.7 Å². The van der Waals surface area contributed by atoms with Gasteiger partial charge in [-0.1, -0.05) is 12.8 Å². The number of imidazole rings is 1. The molecule has 1 aliphatic carbocycles.